The first kappa shape index (κ1) is 11.4. The zero-order valence-electron chi connectivity index (χ0n) is 8.77. The smallest absolute Gasteiger partial charge is 0.303 e. The van der Waals surface area contributed by atoms with E-state index in [0.717, 1.165) is 29.8 Å². The quantitative estimate of drug-likeness (QED) is 0.924. The first-order chi connectivity index (χ1) is 7.65. The van der Waals surface area contributed by atoms with Gasteiger partial charge in [-0.2, -0.15) is 0 Å². The van der Waals surface area contributed by atoms with E-state index in [2.05, 4.69) is 25.8 Å². The Hall–Kier alpha value is -1.10. The standard InChI is InChI=1S/C11H13BrN2O2/c12-9-1-2-10(13-6-9)14-4-3-8(7-14)5-11(15)16/h1-2,6,8H,3-5,7H2,(H,15,16). The molecule has 1 aromatic heterocycles. The number of hydrogen-bond donors (Lipinski definition) is 1. The molecule has 1 unspecified atom stereocenters. The maximum Gasteiger partial charge on any atom is 0.303 e. The van der Waals surface area contributed by atoms with E-state index in [0.29, 0.717) is 0 Å². The van der Waals surface area contributed by atoms with Crippen molar-refractivity contribution in [2.45, 2.75) is 12.8 Å². The molecule has 0 bridgehead atoms. The maximum atomic E-state index is 10.6. The molecule has 1 aliphatic rings. The Morgan fingerprint density at radius 3 is 3.06 bits per heavy atom. The van der Waals surface area contributed by atoms with Gasteiger partial charge in [0.2, 0.25) is 0 Å². The number of pyridine rings is 1. The van der Waals surface area contributed by atoms with Crippen LogP contribution in [-0.4, -0.2) is 29.1 Å². The summed E-state index contributed by atoms with van der Waals surface area (Å²) < 4.78 is 0.956. The van der Waals surface area contributed by atoms with Crippen LogP contribution in [0.2, 0.25) is 0 Å². The lowest BCUT2D eigenvalue weighted by atomic mass is 10.1. The molecule has 1 aromatic rings. The van der Waals surface area contributed by atoms with Crippen LogP contribution in [0.4, 0.5) is 5.82 Å². The number of anilines is 1. The van der Waals surface area contributed by atoms with Crippen LogP contribution in [0.1, 0.15) is 12.8 Å². The normalized spacial score (nSPS) is 20.1. The molecule has 0 amide bonds. The summed E-state index contributed by atoms with van der Waals surface area (Å²) in [4.78, 5) is 17.0. The SMILES string of the molecule is O=C(O)CC1CCN(c2ccc(Br)cn2)C1. The highest BCUT2D eigenvalue weighted by Gasteiger charge is 2.25. The number of halogens is 1. The van der Waals surface area contributed by atoms with Crippen LogP contribution in [0.5, 0.6) is 0 Å². The van der Waals surface area contributed by atoms with Gasteiger partial charge in [0.05, 0.1) is 0 Å². The average Bonchev–Trinajstić information content (AvgIpc) is 2.66. The van der Waals surface area contributed by atoms with Gasteiger partial charge in [0.1, 0.15) is 5.82 Å². The van der Waals surface area contributed by atoms with E-state index in [1.165, 1.54) is 0 Å². The Bertz CT molecular complexity index is 380. The monoisotopic (exact) mass is 284 g/mol. The zero-order valence-corrected chi connectivity index (χ0v) is 10.4. The lowest BCUT2D eigenvalue weighted by Crippen LogP contribution is -2.21. The Morgan fingerprint density at radius 2 is 2.44 bits per heavy atom. The van der Waals surface area contributed by atoms with Gasteiger partial charge in [-0.15, -0.1) is 0 Å². The van der Waals surface area contributed by atoms with Crippen LogP contribution in [0.15, 0.2) is 22.8 Å². The van der Waals surface area contributed by atoms with Crippen molar-refractivity contribution in [1.29, 1.82) is 0 Å². The molecule has 5 heteroatoms. The molecule has 16 heavy (non-hydrogen) atoms. The molecule has 0 aromatic carbocycles. The van der Waals surface area contributed by atoms with Crippen LogP contribution in [0.25, 0.3) is 0 Å². The largest absolute Gasteiger partial charge is 0.481 e. The minimum absolute atomic E-state index is 0.253. The number of aromatic nitrogens is 1. The fraction of sp³-hybridized carbons (Fsp3) is 0.455. The lowest BCUT2D eigenvalue weighted by molar-refractivity contribution is -0.137. The van der Waals surface area contributed by atoms with Crippen LogP contribution in [0.3, 0.4) is 0 Å². The molecule has 1 fully saturated rings. The van der Waals surface area contributed by atoms with Gasteiger partial charge < -0.3 is 10.0 Å². The van der Waals surface area contributed by atoms with Crippen molar-refractivity contribution >= 4 is 27.7 Å². The number of carboxylic acid groups (broad SMARTS) is 1. The molecule has 2 heterocycles. The summed E-state index contributed by atoms with van der Waals surface area (Å²) in [6.07, 6.45) is 2.96. The first-order valence-electron chi connectivity index (χ1n) is 5.23. The van der Waals surface area contributed by atoms with Gasteiger partial charge in [-0.05, 0) is 40.4 Å². The van der Waals surface area contributed by atoms with E-state index >= 15 is 0 Å². The molecule has 86 valence electrons. The summed E-state index contributed by atoms with van der Waals surface area (Å²) in [5.41, 5.74) is 0. The Balaban J connectivity index is 1.98. The summed E-state index contributed by atoms with van der Waals surface area (Å²) in [6, 6.07) is 3.90. The number of carbonyl (C=O) groups is 1. The molecule has 2 rings (SSSR count). The van der Waals surface area contributed by atoms with Gasteiger partial charge in [0, 0.05) is 30.2 Å². The van der Waals surface area contributed by atoms with Crippen LogP contribution < -0.4 is 4.90 Å². The molecule has 1 aliphatic heterocycles. The lowest BCUT2D eigenvalue weighted by Gasteiger charge is -2.16. The van der Waals surface area contributed by atoms with E-state index in [1.54, 1.807) is 6.20 Å². The molecule has 1 N–H and O–H groups in total. The van der Waals surface area contributed by atoms with Gasteiger partial charge in [-0.25, -0.2) is 4.98 Å². The van der Waals surface area contributed by atoms with E-state index in [9.17, 15) is 4.79 Å². The van der Waals surface area contributed by atoms with Gasteiger partial charge in [0.25, 0.3) is 0 Å². The summed E-state index contributed by atoms with van der Waals surface area (Å²) in [6.45, 7) is 1.69. The third-order valence-electron chi connectivity index (χ3n) is 2.78. The molecule has 0 spiro atoms. The number of carboxylic acids is 1. The molecule has 0 aliphatic carbocycles. The second-order valence-corrected chi connectivity index (χ2v) is 4.95. The highest BCUT2D eigenvalue weighted by Crippen LogP contribution is 2.24. The zero-order chi connectivity index (χ0) is 11.5. The van der Waals surface area contributed by atoms with Gasteiger partial charge in [-0.3, -0.25) is 4.79 Å². The summed E-state index contributed by atoms with van der Waals surface area (Å²) in [5.74, 6) is 0.467. The van der Waals surface area contributed by atoms with Crippen molar-refractivity contribution in [2.24, 2.45) is 5.92 Å². The van der Waals surface area contributed by atoms with Crippen LogP contribution in [-0.2, 0) is 4.79 Å². The minimum atomic E-state index is -0.712. The molecule has 0 radical (unpaired) electrons. The molecular formula is C11H13BrN2O2. The Labute approximate surface area is 102 Å². The second-order valence-electron chi connectivity index (χ2n) is 4.03. The predicted molar refractivity (Wildman–Crippen MR) is 64.5 cm³/mol. The molecule has 1 atom stereocenters. The van der Waals surface area contributed by atoms with E-state index < -0.39 is 5.97 Å². The van der Waals surface area contributed by atoms with Crippen LogP contribution in [0, 0.1) is 5.92 Å². The van der Waals surface area contributed by atoms with Gasteiger partial charge >= 0.3 is 5.97 Å². The first-order valence-corrected chi connectivity index (χ1v) is 6.03. The highest BCUT2D eigenvalue weighted by atomic mass is 79.9. The number of aliphatic carboxylic acids is 1. The molecule has 0 saturated carbocycles. The molecular weight excluding hydrogens is 272 g/mol. The van der Waals surface area contributed by atoms with Crippen molar-refractivity contribution in [3.8, 4) is 0 Å². The van der Waals surface area contributed by atoms with Crippen molar-refractivity contribution in [3.63, 3.8) is 0 Å². The summed E-state index contributed by atoms with van der Waals surface area (Å²) in [5, 5.41) is 8.73. The Morgan fingerprint density at radius 1 is 1.62 bits per heavy atom. The summed E-state index contributed by atoms with van der Waals surface area (Å²) in [7, 11) is 0. The van der Waals surface area contributed by atoms with Crippen LogP contribution >= 0.6 is 15.9 Å². The summed E-state index contributed by atoms with van der Waals surface area (Å²) >= 11 is 3.34. The van der Waals surface area contributed by atoms with Crippen molar-refractivity contribution < 1.29 is 9.90 Å². The van der Waals surface area contributed by atoms with E-state index in [1.807, 2.05) is 12.1 Å². The highest BCUT2D eigenvalue weighted by molar-refractivity contribution is 9.10. The topological polar surface area (TPSA) is 53.4 Å². The van der Waals surface area contributed by atoms with E-state index in [-0.39, 0.29) is 12.3 Å². The fourth-order valence-corrected chi connectivity index (χ4v) is 2.24. The van der Waals surface area contributed by atoms with Crippen molar-refractivity contribution in [3.05, 3.63) is 22.8 Å². The van der Waals surface area contributed by atoms with Gasteiger partial charge in [0.15, 0.2) is 0 Å². The fourth-order valence-electron chi connectivity index (χ4n) is 2.01. The average molecular weight is 285 g/mol. The predicted octanol–water partition coefficient (Wildman–Crippen LogP) is 2.15. The van der Waals surface area contributed by atoms with E-state index in [4.69, 9.17) is 5.11 Å². The maximum absolute atomic E-state index is 10.6. The molecule has 1 saturated heterocycles. The van der Waals surface area contributed by atoms with Crippen molar-refractivity contribution in [1.82, 2.24) is 4.98 Å². The Kier molecular flexibility index (Phi) is 3.43. The number of nitrogens with zero attached hydrogens (tertiary/aromatic N) is 2. The minimum Gasteiger partial charge on any atom is -0.481 e. The number of rotatable bonds is 3. The van der Waals surface area contributed by atoms with Gasteiger partial charge in [-0.1, -0.05) is 0 Å². The second kappa shape index (κ2) is 4.82. The van der Waals surface area contributed by atoms with Crippen molar-refractivity contribution in [2.75, 3.05) is 18.0 Å². The molecule has 4 nitrogen and oxygen atoms in total. The third-order valence-corrected chi connectivity index (χ3v) is 3.25. The third kappa shape index (κ3) is 2.72. The number of hydrogen-bond acceptors (Lipinski definition) is 3.